The van der Waals surface area contributed by atoms with Crippen LogP contribution in [0.25, 0.3) is 0 Å². The highest BCUT2D eigenvalue weighted by molar-refractivity contribution is 5.79. The van der Waals surface area contributed by atoms with Gasteiger partial charge in [-0.15, -0.1) is 0 Å². The number of likely N-dealkylation sites (tertiary alicyclic amines) is 1. The lowest BCUT2D eigenvalue weighted by atomic mass is 10.00. The first-order chi connectivity index (χ1) is 8.63. The number of carbonyl (C=O) groups excluding carboxylic acids is 1. The molecule has 1 saturated heterocycles. The molecule has 100 valence electrons. The number of nitrogens with one attached hydrogen (secondary N) is 1. The molecule has 1 atom stereocenters. The minimum Gasteiger partial charge on any atom is -0.392 e. The number of β-amino-alcohol motifs (C(OH)–C–C–N with tert-alkyl or cyclic N) is 1. The molecule has 1 amide bonds. The van der Waals surface area contributed by atoms with E-state index in [1.165, 1.54) is 0 Å². The summed E-state index contributed by atoms with van der Waals surface area (Å²) in [4.78, 5) is 13.9. The third-order valence-electron chi connectivity index (χ3n) is 3.90. The van der Waals surface area contributed by atoms with Crippen molar-refractivity contribution in [2.75, 3.05) is 19.6 Å². The van der Waals surface area contributed by atoms with Crippen molar-refractivity contribution in [3.05, 3.63) is 0 Å². The number of nitrogens with zero attached hydrogens (tertiary/aromatic N) is 2. The molecular weight excluding hydrogens is 230 g/mol. The van der Waals surface area contributed by atoms with Crippen LogP contribution in [-0.2, 0) is 4.79 Å². The van der Waals surface area contributed by atoms with Gasteiger partial charge < -0.3 is 10.4 Å². The monoisotopic (exact) mass is 251 g/mol. The van der Waals surface area contributed by atoms with E-state index in [1.54, 1.807) is 0 Å². The Balaban J connectivity index is 1.83. The summed E-state index contributed by atoms with van der Waals surface area (Å²) in [5.41, 5.74) is -0.633. The highest BCUT2D eigenvalue weighted by Crippen LogP contribution is 2.28. The number of rotatable bonds is 3. The van der Waals surface area contributed by atoms with Crippen LogP contribution in [-0.4, -0.2) is 47.2 Å². The fraction of sp³-hybridized carbons (Fsp3) is 0.846. The van der Waals surface area contributed by atoms with E-state index in [4.69, 9.17) is 0 Å². The molecule has 0 aromatic carbocycles. The molecule has 2 fully saturated rings. The van der Waals surface area contributed by atoms with E-state index in [9.17, 15) is 15.2 Å². The van der Waals surface area contributed by atoms with E-state index in [2.05, 4.69) is 11.4 Å². The molecule has 0 spiro atoms. The van der Waals surface area contributed by atoms with Gasteiger partial charge in [-0.25, -0.2) is 0 Å². The number of nitriles is 1. The van der Waals surface area contributed by atoms with Gasteiger partial charge >= 0.3 is 0 Å². The van der Waals surface area contributed by atoms with Crippen molar-refractivity contribution in [1.29, 1.82) is 5.26 Å². The van der Waals surface area contributed by atoms with E-state index in [1.807, 2.05) is 4.90 Å². The maximum Gasteiger partial charge on any atom is 0.235 e. The first-order valence-corrected chi connectivity index (χ1v) is 6.76. The second-order valence-electron chi connectivity index (χ2n) is 5.48. The van der Waals surface area contributed by atoms with Crippen molar-refractivity contribution < 1.29 is 9.90 Å². The Morgan fingerprint density at radius 1 is 1.44 bits per heavy atom. The van der Waals surface area contributed by atoms with Gasteiger partial charge in [-0.1, -0.05) is 0 Å². The van der Waals surface area contributed by atoms with Gasteiger partial charge in [0.25, 0.3) is 0 Å². The predicted octanol–water partition coefficient (Wildman–Crippen LogP) is 0.396. The smallest absolute Gasteiger partial charge is 0.235 e. The van der Waals surface area contributed by atoms with E-state index in [0.29, 0.717) is 13.1 Å². The Morgan fingerprint density at radius 3 is 2.78 bits per heavy atom. The van der Waals surface area contributed by atoms with Crippen LogP contribution in [0.5, 0.6) is 0 Å². The fourth-order valence-corrected chi connectivity index (χ4v) is 2.93. The van der Waals surface area contributed by atoms with Crippen molar-refractivity contribution in [2.24, 2.45) is 0 Å². The number of piperidine rings is 1. The number of aliphatic hydroxyl groups is 1. The first-order valence-electron chi connectivity index (χ1n) is 6.76. The lowest BCUT2D eigenvalue weighted by Crippen LogP contribution is -2.50. The summed E-state index contributed by atoms with van der Waals surface area (Å²) in [5.74, 6) is -0.0902. The number of carbonyl (C=O) groups is 1. The van der Waals surface area contributed by atoms with Gasteiger partial charge in [0.05, 0.1) is 18.7 Å². The third-order valence-corrected chi connectivity index (χ3v) is 3.90. The molecular formula is C13H21N3O2. The van der Waals surface area contributed by atoms with Crippen LogP contribution >= 0.6 is 0 Å². The normalized spacial score (nSPS) is 27.7. The molecule has 1 unspecified atom stereocenters. The van der Waals surface area contributed by atoms with Crippen molar-refractivity contribution in [2.45, 2.75) is 50.2 Å². The molecule has 0 aromatic rings. The first kappa shape index (κ1) is 13.3. The van der Waals surface area contributed by atoms with Crippen LogP contribution in [0.15, 0.2) is 0 Å². The Labute approximate surface area is 108 Å². The standard InChI is InChI=1S/C13H21N3O2/c14-10-13(5-1-2-6-13)15-12(18)9-16-7-3-4-11(17)8-16/h11,17H,1-9H2,(H,15,18). The highest BCUT2D eigenvalue weighted by Gasteiger charge is 2.35. The van der Waals surface area contributed by atoms with Crippen LogP contribution in [0.1, 0.15) is 38.5 Å². The zero-order valence-electron chi connectivity index (χ0n) is 10.7. The number of hydrogen-bond donors (Lipinski definition) is 2. The second kappa shape index (κ2) is 5.68. The summed E-state index contributed by atoms with van der Waals surface area (Å²) in [6, 6.07) is 2.25. The topological polar surface area (TPSA) is 76.4 Å². The molecule has 18 heavy (non-hydrogen) atoms. The van der Waals surface area contributed by atoms with Crippen molar-refractivity contribution in [1.82, 2.24) is 10.2 Å². The molecule has 1 saturated carbocycles. The van der Waals surface area contributed by atoms with Gasteiger partial charge in [-0.3, -0.25) is 9.69 Å². The number of aliphatic hydroxyl groups excluding tert-OH is 1. The van der Waals surface area contributed by atoms with Crippen LogP contribution in [0.4, 0.5) is 0 Å². The van der Waals surface area contributed by atoms with Crippen LogP contribution in [0.2, 0.25) is 0 Å². The minimum atomic E-state index is -0.633. The molecule has 1 heterocycles. The summed E-state index contributed by atoms with van der Waals surface area (Å²) in [6.07, 6.45) is 4.98. The molecule has 0 bridgehead atoms. The van der Waals surface area contributed by atoms with E-state index >= 15 is 0 Å². The van der Waals surface area contributed by atoms with Crippen molar-refractivity contribution >= 4 is 5.91 Å². The average molecular weight is 251 g/mol. The van der Waals surface area contributed by atoms with E-state index in [0.717, 1.165) is 45.1 Å². The summed E-state index contributed by atoms with van der Waals surface area (Å²) >= 11 is 0. The number of amides is 1. The molecule has 0 radical (unpaired) electrons. The van der Waals surface area contributed by atoms with Crippen molar-refractivity contribution in [3.8, 4) is 6.07 Å². The number of hydrogen-bond acceptors (Lipinski definition) is 4. The van der Waals surface area contributed by atoms with Crippen LogP contribution < -0.4 is 5.32 Å². The van der Waals surface area contributed by atoms with Gasteiger partial charge in [-0.2, -0.15) is 5.26 Å². The lowest BCUT2D eigenvalue weighted by molar-refractivity contribution is -0.124. The van der Waals surface area contributed by atoms with Gasteiger partial charge in [-0.05, 0) is 45.1 Å². The largest absolute Gasteiger partial charge is 0.392 e. The molecule has 2 aliphatic rings. The molecule has 0 aromatic heterocycles. The van der Waals surface area contributed by atoms with E-state index < -0.39 is 5.54 Å². The maximum absolute atomic E-state index is 12.0. The Kier molecular flexibility index (Phi) is 4.20. The molecule has 5 heteroatoms. The van der Waals surface area contributed by atoms with Gasteiger partial charge in [0.15, 0.2) is 0 Å². The summed E-state index contributed by atoms with van der Waals surface area (Å²) in [6.45, 7) is 1.71. The quantitative estimate of drug-likeness (QED) is 0.761. The molecule has 5 nitrogen and oxygen atoms in total. The van der Waals surface area contributed by atoms with E-state index in [-0.39, 0.29) is 12.0 Å². The van der Waals surface area contributed by atoms with Gasteiger partial charge in [0, 0.05) is 6.54 Å². The fourth-order valence-electron chi connectivity index (χ4n) is 2.93. The summed E-state index contributed by atoms with van der Waals surface area (Å²) in [5, 5.41) is 21.6. The van der Waals surface area contributed by atoms with Crippen molar-refractivity contribution in [3.63, 3.8) is 0 Å². The zero-order chi connectivity index (χ0) is 13.0. The Bertz CT molecular complexity index is 345. The lowest BCUT2D eigenvalue weighted by Gasteiger charge is -2.30. The summed E-state index contributed by atoms with van der Waals surface area (Å²) < 4.78 is 0. The third kappa shape index (κ3) is 3.21. The maximum atomic E-state index is 12.0. The van der Waals surface area contributed by atoms with Gasteiger partial charge in [0.2, 0.25) is 5.91 Å². The highest BCUT2D eigenvalue weighted by atomic mass is 16.3. The van der Waals surface area contributed by atoms with Crippen LogP contribution in [0.3, 0.4) is 0 Å². The molecule has 2 N–H and O–H groups in total. The minimum absolute atomic E-state index is 0.0902. The van der Waals surface area contributed by atoms with Crippen LogP contribution in [0, 0.1) is 11.3 Å². The SMILES string of the molecule is N#CC1(NC(=O)CN2CCCC(O)C2)CCCC1. The average Bonchev–Trinajstić information content (AvgIpc) is 2.78. The second-order valence-corrected chi connectivity index (χ2v) is 5.48. The molecule has 1 aliphatic carbocycles. The predicted molar refractivity (Wildman–Crippen MR) is 66.6 cm³/mol. The summed E-state index contributed by atoms with van der Waals surface area (Å²) in [7, 11) is 0. The Morgan fingerprint density at radius 2 is 2.17 bits per heavy atom. The molecule has 2 rings (SSSR count). The Hall–Kier alpha value is -1.12. The van der Waals surface area contributed by atoms with Gasteiger partial charge in [0.1, 0.15) is 5.54 Å². The zero-order valence-corrected chi connectivity index (χ0v) is 10.7. The molecule has 1 aliphatic heterocycles.